The maximum Gasteiger partial charge on any atom is 0.255 e. The van der Waals surface area contributed by atoms with Crippen molar-refractivity contribution >= 4 is 23.6 Å². The zero-order chi connectivity index (χ0) is 21.5. The molecule has 160 valence electrons. The molecule has 10 heteroatoms. The summed E-state index contributed by atoms with van der Waals surface area (Å²) in [5.41, 5.74) is 2.68. The predicted molar refractivity (Wildman–Crippen MR) is 107 cm³/mol. The number of amides is 4. The number of piperidine rings is 2. The van der Waals surface area contributed by atoms with Crippen molar-refractivity contribution in [3.8, 4) is 5.69 Å². The van der Waals surface area contributed by atoms with Crippen LogP contribution in [-0.4, -0.2) is 61.0 Å². The summed E-state index contributed by atoms with van der Waals surface area (Å²) in [6.45, 7) is 1.40. The van der Waals surface area contributed by atoms with E-state index >= 15 is 0 Å². The van der Waals surface area contributed by atoms with Crippen LogP contribution in [0.1, 0.15) is 53.7 Å². The minimum absolute atomic E-state index is 0.131. The highest BCUT2D eigenvalue weighted by atomic mass is 16.2. The topological polar surface area (TPSA) is 118 Å². The minimum atomic E-state index is -0.665. The molecule has 0 bridgehead atoms. The molecule has 1 N–H and O–H groups in total. The zero-order valence-electron chi connectivity index (χ0n) is 16.9. The summed E-state index contributed by atoms with van der Waals surface area (Å²) in [6, 6.07) is 4.69. The summed E-state index contributed by atoms with van der Waals surface area (Å²) >= 11 is 0. The lowest BCUT2D eigenvalue weighted by Gasteiger charge is -2.29. The molecule has 5 rings (SSSR count). The Labute approximate surface area is 178 Å². The van der Waals surface area contributed by atoms with Gasteiger partial charge in [0.1, 0.15) is 11.7 Å². The van der Waals surface area contributed by atoms with E-state index in [0.717, 1.165) is 24.9 Å². The van der Waals surface area contributed by atoms with Gasteiger partial charge >= 0.3 is 0 Å². The lowest BCUT2D eigenvalue weighted by atomic mass is 10.0. The molecule has 3 aliphatic rings. The van der Waals surface area contributed by atoms with Gasteiger partial charge in [-0.3, -0.25) is 24.5 Å². The standard InChI is InChI=1S/C21H22N6O4/c28-18-8-7-17(20(30)22-18)26-12-15-14(21(26)31)4-3-5-16(15)27-11-13(23-24-27)10-25-9-2-1-6-19(25)29/h3-5,11,17H,1-2,6-10,12H2,(H,22,28,30). The number of fused-ring (bicyclic) bond motifs is 1. The second kappa shape index (κ2) is 7.60. The van der Waals surface area contributed by atoms with Gasteiger partial charge < -0.3 is 9.80 Å². The number of nitrogens with zero attached hydrogens (tertiary/aromatic N) is 5. The smallest absolute Gasteiger partial charge is 0.255 e. The van der Waals surface area contributed by atoms with Gasteiger partial charge in [-0.2, -0.15) is 0 Å². The number of aromatic nitrogens is 3. The number of carbonyl (C=O) groups is 4. The molecule has 1 atom stereocenters. The van der Waals surface area contributed by atoms with Crippen LogP contribution in [0.5, 0.6) is 0 Å². The molecule has 31 heavy (non-hydrogen) atoms. The SMILES string of the molecule is O=C1CCC(N2Cc3c(cccc3-n3cc(CN4CCCCC4=O)nn3)C2=O)C(=O)N1. The van der Waals surface area contributed by atoms with Crippen LogP contribution in [0, 0.1) is 0 Å². The highest BCUT2D eigenvalue weighted by molar-refractivity contribution is 6.05. The number of rotatable bonds is 4. The molecule has 1 aromatic heterocycles. The summed E-state index contributed by atoms with van der Waals surface area (Å²) in [5.74, 6) is -0.848. The number of benzene rings is 1. The second-order valence-electron chi connectivity index (χ2n) is 8.13. The van der Waals surface area contributed by atoms with Crippen LogP contribution in [0.15, 0.2) is 24.4 Å². The first-order valence-electron chi connectivity index (χ1n) is 10.5. The van der Waals surface area contributed by atoms with Gasteiger partial charge in [0.05, 0.1) is 18.4 Å². The van der Waals surface area contributed by atoms with Crippen LogP contribution in [0.25, 0.3) is 5.69 Å². The van der Waals surface area contributed by atoms with Crippen LogP contribution in [0.4, 0.5) is 0 Å². The van der Waals surface area contributed by atoms with Gasteiger partial charge in [0.25, 0.3) is 5.91 Å². The summed E-state index contributed by atoms with van der Waals surface area (Å²) in [4.78, 5) is 52.1. The number of hydrogen-bond donors (Lipinski definition) is 1. The molecule has 4 heterocycles. The van der Waals surface area contributed by atoms with E-state index in [4.69, 9.17) is 0 Å². The van der Waals surface area contributed by atoms with Crippen molar-refractivity contribution in [2.75, 3.05) is 6.54 Å². The van der Waals surface area contributed by atoms with Crippen molar-refractivity contribution in [2.24, 2.45) is 0 Å². The molecular weight excluding hydrogens is 400 g/mol. The zero-order valence-corrected chi connectivity index (χ0v) is 16.9. The summed E-state index contributed by atoms with van der Waals surface area (Å²) in [6.07, 6.45) is 4.79. The van der Waals surface area contributed by atoms with Crippen molar-refractivity contribution in [3.63, 3.8) is 0 Å². The number of hydrogen-bond acceptors (Lipinski definition) is 6. The average molecular weight is 422 g/mol. The maximum absolute atomic E-state index is 13.0. The fraction of sp³-hybridized carbons (Fsp3) is 0.429. The van der Waals surface area contributed by atoms with Crippen molar-refractivity contribution in [1.29, 1.82) is 0 Å². The molecule has 2 aromatic rings. The highest BCUT2D eigenvalue weighted by Gasteiger charge is 2.40. The molecule has 1 aromatic carbocycles. The van der Waals surface area contributed by atoms with Crippen molar-refractivity contribution < 1.29 is 19.2 Å². The summed E-state index contributed by atoms with van der Waals surface area (Å²) < 4.78 is 1.61. The fourth-order valence-corrected chi connectivity index (χ4v) is 4.50. The lowest BCUT2D eigenvalue weighted by Crippen LogP contribution is -2.52. The Balaban J connectivity index is 1.39. The summed E-state index contributed by atoms with van der Waals surface area (Å²) in [7, 11) is 0. The second-order valence-corrected chi connectivity index (χ2v) is 8.13. The number of likely N-dealkylation sites (tertiary alicyclic amines) is 1. The van der Waals surface area contributed by atoms with Crippen molar-refractivity contribution in [1.82, 2.24) is 30.1 Å². The molecule has 2 saturated heterocycles. The molecule has 10 nitrogen and oxygen atoms in total. The molecule has 2 fully saturated rings. The number of imide groups is 1. The van der Waals surface area contributed by atoms with Gasteiger partial charge in [-0.25, -0.2) is 4.68 Å². The summed E-state index contributed by atoms with van der Waals surface area (Å²) in [5, 5.41) is 10.7. The van der Waals surface area contributed by atoms with Crippen molar-refractivity contribution in [3.05, 3.63) is 41.2 Å². The van der Waals surface area contributed by atoms with Gasteiger partial charge in [-0.05, 0) is 31.4 Å². The molecule has 0 spiro atoms. The van der Waals surface area contributed by atoms with E-state index in [9.17, 15) is 19.2 Å². The van der Waals surface area contributed by atoms with Crippen molar-refractivity contribution in [2.45, 2.75) is 51.2 Å². The van der Waals surface area contributed by atoms with E-state index < -0.39 is 11.9 Å². The van der Waals surface area contributed by atoms with Gasteiger partial charge in [0.15, 0.2) is 0 Å². The van der Waals surface area contributed by atoms with E-state index in [-0.39, 0.29) is 30.7 Å². The Morgan fingerprint density at radius 3 is 2.77 bits per heavy atom. The predicted octanol–water partition coefficient (Wildman–Crippen LogP) is 0.541. The van der Waals surface area contributed by atoms with Gasteiger partial charge in [0.2, 0.25) is 17.7 Å². The van der Waals surface area contributed by atoms with Crippen LogP contribution >= 0.6 is 0 Å². The largest absolute Gasteiger partial charge is 0.337 e. The molecule has 1 unspecified atom stereocenters. The monoisotopic (exact) mass is 422 g/mol. The molecular formula is C21H22N6O4. The van der Waals surface area contributed by atoms with Crippen LogP contribution in [0.2, 0.25) is 0 Å². The maximum atomic E-state index is 13.0. The molecule has 4 amide bonds. The Kier molecular flexibility index (Phi) is 4.76. The molecule has 0 radical (unpaired) electrons. The third-order valence-corrected chi connectivity index (χ3v) is 6.12. The highest BCUT2D eigenvalue weighted by Crippen LogP contribution is 2.31. The van der Waals surface area contributed by atoms with E-state index in [2.05, 4.69) is 15.6 Å². The number of nitrogens with one attached hydrogen (secondary N) is 1. The van der Waals surface area contributed by atoms with Crippen LogP contribution in [0.3, 0.4) is 0 Å². The number of carbonyl (C=O) groups excluding carboxylic acids is 4. The Morgan fingerprint density at radius 2 is 1.97 bits per heavy atom. The molecule has 0 saturated carbocycles. The molecule has 0 aliphatic carbocycles. The third-order valence-electron chi connectivity index (χ3n) is 6.12. The first-order valence-corrected chi connectivity index (χ1v) is 10.5. The Hall–Kier alpha value is -3.56. The van der Waals surface area contributed by atoms with Gasteiger partial charge in [-0.1, -0.05) is 11.3 Å². The van der Waals surface area contributed by atoms with E-state index in [1.807, 2.05) is 6.07 Å². The van der Waals surface area contributed by atoms with E-state index in [1.165, 1.54) is 4.90 Å². The first-order chi connectivity index (χ1) is 15.0. The van der Waals surface area contributed by atoms with Crippen LogP contribution in [-0.2, 0) is 27.5 Å². The fourth-order valence-electron chi connectivity index (χ4n) is 4.50. The molecule has 3 aliphatic heterocycles. The van der Waals surface area contributed by atoms with Gasteiger partial charge in [0, 0.05) is 37.1 Å². The van der Waals surface area contributed by atoms with Gasteiger partial charge in [-0.15, -0.1) is 5.10 Å². The quantitative estimate of drug-likeness (QED) is 0.719. The average Bonchev–Trinajstić information content (AvgIpc) is 3.35. The van der Waals surface area contributed by atoms with E-state index in [0.29, 0.717) is 36.3 Å². The minimum Gasteiger partial charge on any atom is -0.337 e. The van der Waals surface area contributed by atoms with E-state index in [1.54, 1.807) is 27.9 Å². The Morgan fingerprint density at radius 1 is 1.10 bits per heavy atom. The lowest BCUT2D eigenvalue weighted by molar-refractivity contribution is -0.137. The first kappa shape index (κ1) is 19.4. The van der Waals surface area contributed by atoms with Crippen LogP contribution < -0.4 is 5.32 Å². The third kappa shape index (κ3) is 3.47. The normalized spacial score (nSPS) is 21.5. The Bertz CT molecular complexity index is 1090.